The van der Waals surface area contributed by atoms with Crippen molar-refractivity contribution < 1.29 is 4.79 Å². The molecule has 0 heterocycles. The molecule has 2 N–H and O–H groups in total. The number of carbonyl (C=O) groups is 1. The van der Waals surface area contributed by atoms with Crippen molar-refractivity contribution in [2.24, 2.45) is 0 Å². The van der Waals surface area contributed by atoms with Crippen molar-refractivity contribution in [2.45, 2.75) is 12.8 Å². The van der Waals surface area contributed by atoms with Gasteiger partial charge in [-0.05, 0) is 31.1 Å². The fraction of sp³-hybridized carbons (Fsp3) is 0.154. The minimum absolute atomic E-state index is 0.537. The highest BCUT2D eigenvalue weighted by atomic mass is 16.1. The van der Waals surface area contributed by atoms with Crippen LogP contribution in [0.4, 0.5) is 0 Å². The van der Waals surface area contributed by atoms with Gasteiger partial charge in [0.15, 0.2) is 0 Å². The summed E-state index contributed by atoms with van der Waals surface area (Å²) in [5, 5.41) is 5.64. The van der Waals surface area contributed by atoms with Crippen LogP contribution in [0.5, 0.6) is 0 Å². The smallest absolute Gasteiger partial charge is 0.211 e. The number of amides is 1. The van der Waals surface area contributed by atoms with Crippen LogP contribution in [-0.2, 0) is 4.79 Å². The molecule has 16 heavy (non-hydrogen) atoms. The van der Waals surface area contributed by atoms with E-state index < -0.39 is 0 Å². The van der Waals surface area contributed by atoms with Crippen molar-refractivity contribution in [1.29, 1.82) is 0 Å². The Bertz CT molecular complexity index is 375. The quantitative estimate of drug-likeness (QED) is 0.527. The molecule has 1 aliphatic rings. The third-order valence-electron chi connectivity index (χ3n) is 2.06. The fourth-order valence-electron chi connectivity index (χ4n) is 1.28. The van der Waals surface area contributed by atoms with E-state index in [-0.39, 0.29) is 0 Å². The highest BCUT2D eigenvalue weighted by molar-refractivity contribution is 5.51. The zero-order valence-electron chi connectivity index (χ0n) is 9.20. The summed E-state index contributed by atoms with van der Waals surface area (Å²) in [5.74, 6) is 0. The molecule has 0 fully saturated rings. The molecule has 0 aliphatic heterocycles. The molecule has 0 radical (unpaired) electrons. The first-order valence-corrected chi connectivity index (χ1v) is 5.11. The van der Waals surface area contributed by atoms with E-state index in [9.17, 15) is 4.79 Å². The zero-order valence-corrected chi connectivity index (χ0v) is 9.20. The molecule has 0 unspecified atom stereocenters. The standard InChI is InChI=1S/C13H16N2O/c1-11(14-10-16)8-9-12(2)15-13-6-4-3-5-7-13/h3-4,6,8-10,15H,1-2,5,7H2,(H,14,16)/b9-8-. The highest BCUT2D eigenvalue weighted by Gasteiger charge is 1.98. The molecule has 0 aromatic carbocycles. The Morgan fingerprint density at radius 3 is 2.69 bits per heavy atom. The van der Waals surface area contributed by atoms with E-state index in [1.807, 2.05) is 12.2 Å². The van der Waals surface area contributed by atoms with E-state index in [0.717, 1.165) is 24.2 Å². The van der Waals surface area contributed by atoms with Gasteiger partial charge >= 0.3 is 0 Å². The molecule has 1 aliphatic carbocycles. The lowest BCUT2D eigenvalue weighted by Gasteiger charge is -2.11. The second kappa shape index (κ2) is 6.45. The predicted octanol–water partition coefficient (Wildman–Crippen LogP) is 2.14. The maximum absolute atomic E-state index is 10.1. The highest BCUT2D eigenvalue weighted by Crippen LogP contribution is 2.10. The van der Waals surface area contributed by atoms with Crippen molar-refractivity contribution >= 4 is 6.41 Å². The zero-order chi connectivity index (χ0) is 11.8. The predicted molar refractivity (Wildman–Crippen MR) is 66.2 cm³/mol. The maximum atomic E-state index is 10.1. The number of hydrogen-bond donors (Lipinski definition) is 2. The van der Waals surface area contributed by atoms with Crippen LogP contribution in [0.3, 0.4) is 0 Å². The van der Waals surface area contributed by atoms with Crippen LogP contribution in [0, 0.1) is 0 Å². The fourth-order valence-corrected chi connectivity index (χ4v) is 1.28. The van der Waals surface area contributed by atoms with E-state index in [1.54, 1.807) is 12.2 Å². The molecule has 1 amide bonds. The maximum Gasteiger partial charge on any atom is 0.211 e. The average molecular weight is 216 g/mol. The summed E-state index contributed by atoms with van der Waals surface area (Å²) in [6.07, 6.45) is 12.3. The monoisotopic (exact) mass is 216 g/mol. The van der Waals surface area contributed by atoms with Gasteiger partial charge in [0, 0.05) is 17.1 Å². The van der Waals surface area contributed by atoms with Gasteiger partial charge in [-0.3, -0.25) is 4.79 Å². The molecule has 0 saturated heterocycles. The SMILES string of the molecule is C=C(/C=C\C(=C)NC1=CC=CCC1)NC=O. The number of carbonyl (C=O) groups excluding carboxylic acids is 1. The summed E-state index contributed by atoms with van der Waals surface area (Å²) in [5.41, 5.74) is 2.46. The van der Waals surface area contributed by atoms with Gasteiger partial charge in [0.05, 0.1) is 0 Å². The van der Waals surface area contributed by atoms with Crippen molar-refractivity contribution in [3.8, 4) is 0 Å². The molecule has 0 aromatic heterocycles. The van der Waals surface area contributed by atoms with Gasteiger partial charge in [0.25, 0.3) is 0 Å². The summed E-state index contributed by atoms with van der Waals surface area (Å²) in [6, 6.07) is 0. The van der Waals surface area contributed by atoms with E-state index in [4.69, 9.17) is 0 Å². The van der Waals surface area contributed by atoms with E-state index in [1.165, 1.54) is 0 Å². The van der Waals surface area contributed by atoms with Crippen LogP contribution in [0.2, 0.25) is 0 Å². The number of allylic oxidation sites excluding steroid dienone is 6. The van der Waals surface area contributed by atoms with Gasteiger partial charge in [0.1, 0.15) is 0 Å². The van der Waals surface area contributed by atoms with Gasteiger partial charge in [-0.15, -0.1) is 0 Å². The summed E-state index contributed by atoms with van der Waals surface area (Å²) >= 11 is 0. The second-order valence-electron chi connectivity index (χ2n) is 3.43. The Morgan fingerprint density at radius 1 is 1.31 bits per heavy atom. The third-order valence-corrected chi connectivity index (χ3v) is 2.06. The summed E-state index contributed by atoms with van der Waals surface area (Å²) in [7, 11) is 0. The Kier molecular flexibility index (Phi) is 4.86. The van der Waals surface area contributed by atoms with Crippen LogP contribution in [0.25, 0.3) is 0 Å². The van der Waals surface area contributed by atoms with Crippen LogP contribution >= 0.6 is 0 Å². The first-order valence-electron chi connectivity index (χ1n) is 5.11. The molecule has 3 nitrogen and oxygen atoms in total. The molecule has 0 spiro atoms. The average Bonchev–Trinajstić information content (AvgIpc) is 2.28. The molecular formula is C13H16N2O. The Labute approximate surface area is 95.9 Å². The van der Waals surface area contributed by atoms with Crippen LogP contribution in [0.15, 0.2) is 60.6 Å². The van der Waals surface area contributed by atoms with Gasteiger partial charge in [0.2, 0.25) is 6.41 Å². The van der Waals surface area contributed by atoms with Crippen molar-refractivity contribution in [3.63, 3.8) is 0 Å². The van der Waals surface area contributed by atoms with Crippen molar-refractivity contribution in [1.82, 2.24) is 10.6 Å². The second-order valence-corrected chi connectivity index (χ2v) is 3.43. The normalized spacial score (nSPS) is 14.4. The van der Waals surface area contributed by atoms with E-state index in [2.05, 4.69) is 29.9 Å². The van der Waals surface area contributed by atoms with Gasteiger partial charge in [-0.1, -0.05) is 25.3 Å². The summed E-state index contributed by atoms with van der Waals surface area (Å²) in [6.45, 7) is 7.50. The van der Waals surface area contributed by atoms with Gasteiger partial charge in [-0.25, -0.2) is 0 Å². The lowest BCUT2D eigenvalue weighted by Crippen LogP contribution is -2.12. The topological polar surface area (TPSA) is 41.1 Å². The summed E-state index contributed by atoms with van der Waals surface area (Å²) < 4.78 is 0. The van der Waals surface area contributed by atoms with E-state index in [0.29, 0.717) is 12.1 Å². The van der Waals surface area contributed by atoms with Gasteiger partial charge in [-0.2, -0.15) is 0 Å². The molecular weight excluding hydrogens is 200 g/mol. The minimum atomic E-state index is 0.537. The Balaban J connectivity index is 2.41. The van der Waals surface area contributed by atoms with Crippen LogP contribution < -0.4 is 10.6 Å². The molecule has 1 rings (SSSR count). The number of rotatable bonds is 6. The van der Waals surface area contributed by atoms with Gasteiger partial charge < -0.3 is 10.6 Å². The molecule has 0 saturated carbocycles. The van der Waals surface area contributed by atoms with Crippen LogP contribution in [0.1, 0.15) is 12.8 Å². The molecule has 0 atom stereocenters. The number of hydrogen-bond acceptors (Lipinski definition) is 2. The van der Waals surface area contributed by atoms with Crippen molar-refractivity contribution in [3.05, 3.63) is 60.6 Å². The first-order chi connectivity index (χ1) is 7.72. The van der Waals surface area contributed by atoms with Crippen molar-refractivity contribution in [2.75, 3.05) is 0 Å². The Morgan fingerprint density at radius 2 is 2.06 bits per heavy atom. The largest absolute Gasteiger partial charge is 0.359 e. The minimum Gasteiger partial charge on any atom is -0.359 e. The first kappa shape index (κ1) is 12.0. The lowest BCUT2D eigenvalue weighted by molar-refractivity contribution is -0.108. The number of nitrogens with one attached hydrogen (secondary N) is 2. The van der Waals surface area contributed by atoms with E-state index >= 15 is 0 Å². The molecule has 0 aromatic rings. The third kappa shape index (κ3) is 4.46. The molecule has 0 bridgehead atoms. The molecule has 84 valence electrons. The molecule has 3 heteroatoms. The lowest BCUT2D eigenvalue weighted by atomic mass is 10.1. The van der Waals surface area contributed by atoms with Crippen LogP contribution in [-0.4, -0.2) is 6.41 Å². The Hall–Kier alpha value is -2.03. The summed E-state index contributed by atoms with van der Waals surface area (Å²) in [4.78, 5) is 10.1.